The first kappa shape index (κ1) is 17.0. The summed E-state index contributed by atoms with van der Waals surface area (Å²) in [6.07, 6.45) is 8.74. The van der Waals surface area contributed by atoms with Crippen LogP contribution in [-0.4, -0.2) is 47.2 Å². The highest BCUT2D eigenvalue weighted by molar-refractivity contribution is 5.52. The van der Waals surface area contributed by atoms with E-state index in [0.29, 0.717) is 12.6 Å². The highest BCUT2D eigenvalue weighted by Gasteiger charge is 2.23. The van der Waals surface area contributed by atoms with Crippen molar-refractivity contribution in [2.45, 2.75) is 38.1 Å². The van der Waals surface area contributed by atoms with Gasteiger partial charge < -0.3 is 20.7 Å². The van der Waals surface area contributed by atoms with Crippen LogP contribution in [0.2, 0.25) is 0 Å². The molecule has 7 nitrogen and oxygen atoms in total. The van der Waals surface area contributed by atoms with Gasteiger partial charge in [0, 0.05) is 37.3 Å². The van der Waals surface area contributed by atoms with Crippen molar-refractivity contribution in [2.24, 2.45) is 0 Å². The topological polar surface area (TPSA) is 84.0 Å². The highest BCUT2D eigenvalue weighted by atomic mass is 16.5. The third kappa shape index (κ3) is 4.60. The maximum absolute atomic E-state index is 5.70. The van der Waals surface area contributed by atoms with E-state index in [9.17, 15) is 0 Å². The Morgan fingerprint density at radius 1 is 1.19 bits per heavy atom. The van der Waals surface area contributed by atoms with Crippen molar-refractivity contribution in [1.29, 1.82) is 0 Å². The van der Waals surface area contributed by atoms with Gasteiger partial charge in [-0.1, -0.05) is 0 Å². The monoisotopic (exact) mass is 354 g/mol. The predicted molar refractivity (Wildman–Crippen MR) is 102 cm³/mol. The molecule has 0 amide bonds. The fraction of sp³-hybridized carbons (Fsp3) is 0.526. The van der Waals surface area contributed by atoms with Gasteiger partial charge in [0.1, 0.15) is 11.6 Å². The van der Waals surface area contributed by atoms with Crippen molar-refractivity contribution < 1.29 is 4.74 Å². The number of fused-ring (bicyclic) bond motifs is 1. The van der Waals surface area contributed by atoms with Gasteiger partial charge in [-0.15, -0.1) is 0 Å². The second-order valence-electron chi connectivity index (χ2n) is 6.81. The van der Waals surface area contributed by atoms with Crippen LogP contribution in [0.3, 0.4) is 0 Å². The lowest BCUT2D eigenvalue weighted by Crippen LogP contribution is -2.16. The van der Waals surface area contributed by atoms with Gasteiger partial charge in [0.25, 0.3) is 0 Å². The summed E-state index contributed by atoms with van der Waals surface area (Å²) in [6, 6.07) is 4.36. The summed E-state index contributed by atoms with van der Waals surface area (Å²) in [5.74, 6) is 2.55. The number of nitrogens with zero attached hydrogens (tertiary/aromatic N) is 3. The van der Waals surface area contributed by atoms with Crippen molar-refractivity contribution in [2.75, 3.05) is 36.9 Å². The van der Waals surface area contributed by atoms with Gasteiger partial charge in [-0.05, 0) is 44.4 Å². The minimum Gasteiger partial charge on any atom is -0.492 e. The smallest absolute Gasteiger partial charge is 0.225 e. The summed E-state index contributed by atoms with van der Waals surface area (Å²) in [6.45, 7) is 3.43. The molecule has 2 aliphatic rings. The maximum Gasteiger partial charge on any atom is 0.225 e. The van der Waals surface area contributed by atoms with Crippen molar-refractivity contribution in [3.63, 3.8) is 0 Å². The minimum atomic E-state index is 0.553. The first-order valence-electron chi connectivity index (χ1n) is 9.52. The molecule has 0 radical (unpaired) electrons. The number of hydrogen-bond acceptors (Lipinski definition) is 7. The Morgan fingerprint density at radius 2 is 2.12 bits per heavy atom. The van der Waals surface area contributed by atoms with Crippen LogP contribution in [-0.2, 0) is 12.8 Å². The standard InChI is InChI=1S/C19H26N6O/c1-3-15(13-21-8-1)26-12-2-9-22-18-16-6-10-20-11-7-17(16)24-19(25-18)23-14-4-5-14/h1,3,8,13-14,20H,2,4-7,9-12H2,(H2,22,23,24,25). The van der Waals surface area contributed by atoms with Crippen LogP contribution < -0.4 is 20.7 Å². The van der Waals surface area contributed by atoms with E-state index < -0.39 is 0 Å². The first-order valence-corrected chi connectivity index (χ1v) is 9.52. The van der Waals surface area contributed by atoms with E-state index in [1.165, 1.54) is 24.1 Å². The Labute approximate surface area is 154 Å². The lowest BCUT2D eigenvalue weighted by Gasteiger charge is -2.15. The van der Waals surface area contributed by atoms with E-state index in [4.69, 9.17) is 14.7 Å². The molecule has 7 heteroatoms. The molecule has 1 aliphatic carbocycles. The van der Waals surface area contributed by atoms with Crippen LogP contribution in [0.1, 0.15) is 30.5 Å². The molecule has 3 N–H and O–H groups in total. The van der Waals surface area contributed by atoms with Crippen molar-refractivity contribution >= 4 is 11.8 Å². The van der Waals surface area contributed by atoms with Crippen LogP contribution in [0.25, 0.3) is 0 Å². The average molecular weight is 354 g/mol. The molecule has 1 aliphatic heterocycles. The molecule has 1 fully saturated rings. The second kappa shape index (κ2) is 8.31. The summed E-state index contributed by atoms with van der Waals surface area (Å²) in [4.78, 5) is 13.6. The first-order chi connectivity index (χ1) is 12.9. The number of ether oxygens (including phenoxy) is 1. The Balaban J connectivity index is 1.36. The normalized spacial score (nSPS) is 16.5. The third-order valence-corrected chi connectivity index (χ3v) is 4.61. The molecular weight excluding hydrogens is 328 g/mol. The molecule has 4 rings (SSSR count). The zero-order valence-electron chi connectivity index (χ0n) is 15.0. The number of nitrogens with one attached hydrogen (secondary N) is 3. The Bertz CT molecular complexity index is 719. The van der Waals surface area contributed by atoms with Crippen molar-refractivity contribution in [3.8, 4) is 5.75 Å². The fourth-order valence-corrected chi connectivity index (χ4v) is 3.07. The summed E-state index contributed by atoms with van der Waals surface area (Å²) in [5.41, 5.74) is 2.42. The van der Waals surface area contributed by atoms with Gasteiger partial charge in [0.2, 0.25) is 5.95 Å². The van der Waals surface area contributed by atoms with Gasteiger partial charge in [-0.3, -0.25) is 4.98 Å². The summed E-state index contributed by atoms with van der Waals surface area (Å²) < 4.78 is 5.70. The Kier molecular flexibility index (Phi) is 5.44. The van der Waals surface area contributed by atoms with Crippen LogP contribution in [0.5, 0.6) is 5.75 Å². The number of rotatable bonds is 8. The molecule has 2 aromatic rings. The quantitative estimate of drug-likeness (QED) is 0.626. The van der Waals surface area contributed by atoms with Crippen LogP contribution >= 0.6 is 0 Å². The van der Waals surface area contributed by atoms with E-state index in [1.807, 2.05) is 12.1 Å². The van der Waals surface area contributed by atoms with Crippen LogP contribution in [0.4, 0.5) is 11.8 Å². The number of anilines is 2. The molecular formula is C19H26N6O. The Hall–Kier alpha value is -2.41. The number of pyridine rings is 1. The number of hydrogen-bond donors (Lipinski definition) is 3. The largest absolute Gasteiger partial charge is 0.492 e. The van der Waals surface area contributed by atoms with Crippen molar-refractivity contribution in [3.05, 3.63) is 35.8 Å². The summed E-state index contributed by atoms with van der Waals surface area (Å²) in [7, 11) is 0. The van der Waals surface area contributed by atoms with E-state index in [2.05, 4.69) is 20.9 Å². The minimum absolute atomic E-state index is 0.553. The SMILES string of the molecule is c1cncc(OCCCNc2nc(NC3CC3)nc3c2CCNCC3)c1. The lowest BCUT2D eigenvalue weighted by molar-refractivity contribution is 0.313. The van der Waals surface area contributed by atoms with E-state index >= 15 is 0 Å². The molecule has 0 spiro atoms. The van der Waals surface area contributed by atoms with E-state index in [0.717, 1.165) is 56.4 Å². The van der Waals surface area contributed by atoms with Gasteiger partial charge in [-0.25, -0.2) is 4.98 Å². The molecule has 0 aromatic carbocycles. The van der Waals surface area contributed by atoms with Crippen LogP contribution in [0, 0.1) is 0 Å². The molecule has 0 bridgehead atoms. The van der Waals surface area contributed by atoms with Crippen molar-refractivity contribution in [1.82, 2.24) is 20.3 Å². The molecule has 0 saturated heterocycles. The van der Waals surface area contributed by atoms with E-state index in [-0.39, 0.29) is 0 Å². The highest BCUT2D eigenvalue weighted by Crippen LogP contribution is 2.26. The maximum atomic E-state index is 5.70. The molecule has 0 unspecified atom stereocenters. The molecule has 3 heterocycles. The van der Waals surface area contributed by atoms with Gasteiger partial charge >= 0.3 is 0 Å². The predicted octanol–water partition coefficient (Wildman–Crippen LogP) is 2.02. The fourth-order valence-electron chi connectivity index (χ4n) is 3.07. The zero-order valence-corrected chi connectivity index (χ0v) is 15.0. The summed E-state index contributed by atoms with van der Waals surface area (Å²) in [5, 5.41) is 10.4. The average Bonchev–Trinajstić information content (AvgIpc) is 3.49. The Morgan fingerprint density at radius 3 is 2.96 bits per heavy atom. The molecule has 1 saturated carbocycles. The molecule has 0 atom stereocenters. The summed E-state index contributed by atoms with van der Waals surface area (Å²) >= 11 is 0. The molecule has 26 heavy (non-hydrogen) atoms. The second-order valence-corrected chi connectivity index (χ2v) is 6.81. The van der Waals surface area contributed by atoms with E-state index in [1.54, 1.807) is 12.4 Å². The number of aromatic nitrogens is 3. The van der Waals surface area contributed by atoms with Gasteiger partial charge in [0.15, 0.2) is 0 Å². The zero-order chi connectivity index (χ0) is 17.6. The third-order valence-electron chi connectivity index (χ3n) is 4.61. The molecule has 138 valence electrons. The van der Waals surface area contributed by atoms with Gasteiger partial charge in [0.05, 0.1) is 18.5 Å². The lowest BCUT2D eigenvalue weighted by atomic mass is 10.1. The van der Waals surface area contributed by atoms with Crippen LogP contribution in [0.15, 0.2) is 24.5 Å². The molecule has 2 aromatic heterocycles. The van der Waals surface area contributed by atoms with Gasteiger partial charge in [-0.2, -0.15) is 4.98 Å².